The first-order valence-electron chi connectivity index (χ1n) is 5.06. The molecule has 0 unspecified atom stereocenters. The third kappa shape index (κ3) is 1.79. The molecule has 1 aromatic heterocycles. The summed E-state index contributed by atoms with van der Waals surface area (Å²) in [5.41, 5.74) is 0.771. The molecule has 0 amide bonds. The van der Waals surface area contributed by atoms with Crippen LogP contribution in [0.3, 0.4) is 0 Å². The molecule has 4 heteroatoms. The van der Waals surface area contributed by atoms with E-state index < -0.39 is 0 Å². The maximum Gasteiger partial charge on any atom is 0.258 e. The predicted octanol–water partition coefficient (Wildman–Crippen LogP) is 1.72. The van der Waals surface area contributed by atoms with Crippen LogP contribution in [0.2, 0.25) is 0 Å². The highest BCUT2D eigenvalue weighted by atomic mass is 16.3. The summed E-state index contributed by atoms with van der Waals surface area (Å²) < 4.78 is 1.12. The zero-order chi connectivity index (χ0) is 12.4. The molecule has 0 fully saturated rings. The van der Waals surface area contributed by atoms with Gasteiger partial charge < -0.3 is 5.11 Å². The van der Waals surface area contributed by atoms with Gasteiger partial charge in [0.05, 0.1) is 5.69 Å². The number of aromatic hydroxyl groups is 1. The Kier molecular flexibility index (Phi) is 2.67. The third-order valence-electron chi connectivity index (χ3n) is 2.52. The number of hydrogen-bond donors (Lipinski definition) is 1. The van der Waals surface area contributed by atoms with Crippen LogP contribution in [0.25, 0.3) is 5.69 Å². The summed E-state index contributed by atoms with van der Waals surface area (Å²) in [4.78, 5) is 11.8. The summed E-state index contributed by atoms with van der Waals surface area (Å²) in [6, 6.07) is 11.9. The van der Waals surface area contributed by atoms with Crippen molar-refractivity contribution >= 4 is 0 Å². The van der Waals surface area contributed by atoms with E-state index in [4.69, 9.17) is 5.26 Å². The highest BCUT2D eigenvalue weighted by molar-refractivity contribution is 5.48. The van der Waals surface area contributed by atoms with Gasteiger partial charge in [0, 0.05) is 6.07 Å². The van der Waals surface area contributed by atoms with Gasteiger partial charge in [-0.05, 0) is 24.6 Å². The number of rotatable bonds is 1. The Balaban J connectivity index is 2.81. The minimum atomic E-state index is -0.356. The first-order valence-corrected chi connectivity index (χ1v) is 5.06. The normalized spacial score (nSPS) is 9.88. The second kappa shape index (κ2) is 4.14. The van der Waals surface area contributed by atoms with Gasteiger partial charge in [-0.15, -0.1) is 0 Å². The number of aryl methyl sites for hydroxylation is 1. The standard InChI is InChI=1S/C13H10N2O2/c1-9-7-12(16)15(13(17)11(9)8-14)10-5-3-2-4-6-10/h2-7,17H,1H3. The van der Waals surface area contributed by atoms with E-state index in [0.717, 1.165) is 4.57 Å². The molecular formula is C13H10N2O2. The average molecular weight is 226 g/mol. The second-order valence-corrected chi connectivity index (χ2v) is 3.65. The van der Waals surface area contributed by atoms with Gasteiger partial charge in [0.15, 0.2) is 0 Å². The largest absolute Gasteiger partial charge is 0.493 e. The fourth-order valence-corrected chi connectivity index (χ4v) is 1.68. The number of aromatic nitrogens is 1. The molecule has 0 saturated carbocycles. The Hall–Kier alpha value is -2.54. The van der Waals surface area contributed by atoms with Crippen LogP contribution in [0.5, 0.6) is 5.88 Å². The molecule has 1 aromatic carbocycles. The monoisotopic (exact) mass is 226 g/mol. The molecule has 2 rings (SSSR count). The minimum Gasteiger partial charge on any atom is -0.493 e. The highest BCUT2D eigenvalue weighted by Gasteiger charge is 2.13. The number of para-hydroxylation sites is 1. The van der Waals surface area contributed by atoms with Crippen molar-refractivity contribution in [2.45, 2.75) is 6.92 Å². The van der Waals surface area contributed by atoms with Crippen LogP contribution in [0.1, 0.15) is 11.1 Å². The van der Waals surface area contributed by atoms with Crippen LogP contribution in [0.15, 0.2) is 41.2 Å². The maximum absolute atomic E-state index is 11.8. The SMILES string of the molecule is Cc1cc(=O)n(-c2ccccc2)c(O)c1C#N. The molecule has 1 heterocycles. The lowest BCUT2D eigenvalue weighted by molar-refractivity contribution is 0.433. The number of nitrogens with zero attached hydrogens (tertiary/aromatic N) is 2. The van der Waals surface area contributed by atoms with Crippen LogP contribution in [-0.4, -0.2) is 9.67 Å². The van der Waals surface area contributed by atoms with Crippen molar-refractivity contribution in [2.75, 3.05) is 0 Å². The molecule has 0 radical (unpaired) electrons. The molecular weight excluding hydrogens is 216 g/mol. The summed E-state index contributed by atoms with van der Waals surface area (Å²) in [5, 5.41) is 18.9. The van der Waals surface area contributed by atoms with E-state index in [9.17, 15) is 9.90 Å². The number of hydrogen-bond acceptors (Lipinski definition) is 3. The average Bonchev–Trinajstić information content (AvgIpc) is 2.30. The lowest BCUT2D eigenvalue weighted by Gasteiger charge is -2.10. The van der Waals surface area contributed by atoms with Crippen molar-refractivity contribution in [1.82, 2.24) is 4.57 Å². The fourth-order valence-electron chi connectivity index (χ4n) is 1.68. The van der Waals surface area contributed by atoms with Gasteiger partial charge in [-0.1, -0.05) is 18.2 Å². The minimum absolute atomic E-state index is 0.119. The van der Waals surface area contributed by atoms with E-state index in [2.05, 4.69) is 0 Å². The van der Waals surface area contributed by atoms with Gasteiger partial charge in [0.25, 0.3) is 5.56 Å². The molecule has 0 bridgehead atoms. The molecule has 0 aliphatic heterocycles. The van der Waals surface area contributed by atoms with Gasteiger partial charge in [-0.3, -0.25) is 4.79 Å². The second-order valence-electron chi connectivity index (χ2n) is 3.65. The van der Waals surface area contributed by atoms with Crippen molar-refractivity contribution in [1.29, 1.82) is 5.26 Å². The lowest BCUT2D eigenvalue weighted by Crippen LogP contribution is -2.18. The first kappa shape index (κ1) is 11.0. The van der Waals surface area contributed by atoms with Crippen molar-refractivity contribution in [2.24, 2.45) is 0 Å². The van der Waals surface area contributed by atoms with Crippen molar-refractivity contribution in [3.05, 3.63) is 57.9 Å². The van der Waals surface area contributed by atoms with E-state index in [1.807, 2.05) is 12.1 Å². The van der Waals surface area contributed by atoms with E-state index in [1.54, 1.807) is 31.2 Å². The molecule has 1 N–H and O–H groups in total. The maximum atomic E-state index is 11.8. The summed E-state index contributed by atoms with van der Waals surface area (Å²) in [5.74, 6) is -0.316. The molecule has 2 aromatic rings. The van der Waals surface area contributed by atoms with Gasteiger partial charge in [-0.2, -0.15) is 5.26 Å². The molecule has 0 saturated heterocycles. The number of pyridine rings is 1. The van der Waals surface area contributed by atoms with E-state index in [0.29, 0.717) is 11.3 Å². The Bertz CT molecular complexity index is 652. The van der Waals surface area contributed by atoms with Crippen LogP contribution >= 0.6 is 0 Å². The molecule has 17 heavy (non-hydrogen) atoms. The van der Waals surface area contributed by atoms with Crippen LogP contribution in [0, 0.1) is 18.3 Å². The first-order chi connectivity index (χ1) is 8.15. The molecule has 0 aliphatic carbocycles. The summed E-state index contributed by atoms with van der Waals surface area (Å²) in [6.07, 6.45) is 0. The topological polar surface area (TPSA) is 66.0 Å². The van der Waals surface area contributed by atoms with Crippen molar-refractivity contribution in [3.8, 4) is 17.6 Å². The van der Waals surface area contributed by atoms with E-state index in [1.165, 1.54) is 6.07 Å². The molecule has 0 aliphatic rings. The fraction of sp³-hybridized carbons (Fsp3) is 0.0769. The smallest absolute Gasteiger partial charge is 0.258 e. The van der Waals surface area contributed by atoms with Crippen LogP contribution < -0.4 is 5.56 Å². The van der Waals surface area contributed by atoms with Gasteiger partial charge in [0.1, 0.15) is 11.6 Å². The van der Waals surface area contributed by atoms with Crippen molar-refractivity contribution < 1.29 is 5.11 Å². The highest BCUT2D eigenvalue weighted by Crippen LogP contribution is 2.20. The number of nitriles is 1. The molecule has 0 atom stereocenters. The zero-order valence-electron chi connectivity index (χ0n) is 9.21. The molecule has 4 nitrogen and oxygen atoms in total. The van der Waals surface area contributed by atoms with Crippen molar-refractivity contribution in [3.63, 3.8) is 0 Å². The summed E-state index contributed by atoms with van der Waals surface area (Å²) in [6.45, 7) is 1.62. The molecule has 84 valence electrons. The Morgan fingerprint density at radius 1 is 1.29 bits per heavy atom. The van der Waals surface area contributed by atoms with Gasteiger partial charge >= 0.3 is 0 Å². The molecule has 0 spiro atoms. The van der Waals surface area contributed by atoms with Gasteiger partial charge in [-0.25, -0.2) is 4.57 Å². The lowest BCUT2D eigenvalue weighted by atomic mass is 10.1. The Labute approximate surface area is 98.0 Å². The third-order valence-corrected chi connectivity index (χ3v) is 2.52. The zero-order valence-corrected chi connectivity index (χ0v) is 9.21. The number of benzene rings is 1. The van der Waals surface area contributed by atoms with Crippen LogP contribution in [-0.2, 0) is 0 Å². The summed E-state index contributed by atoms with van der Waals surface area (Å²) >= 11 is 0. The van der Waals surface area contributed by atoms with Crippen LogP contribution in [0.4, 0.5) is 0 Å². The van der Waals surface area contributed by atoms with E-state index >= 15 is 0 Å². The Morgan fingerprint density at radius 2 is 1.94 bits per heavy atom. The summed E-state index contributed by atoms with van der Waals surface area (Å²) in [7, 11) is 0. The van der Waals surface area contributed by atoms with E-state index in [-0.39, 0.29) is 17.0 Å². The Morgan fingerprint density at radius 3 is 2.53 bits per heavy atom. The van der Waals surface area contributed by atoms with Gasteiger partial charge in [0.2, 0.25) is 5.88 Å². The quantitative estimate of drug-likeness (QED) is 0.805. The predicted molar refractivity (Wildman–Crippen MR) is 63.2 cm³/mol.